The molecule has 18 heavy (non-hydrogen) atoms. The van der Waals surface area contributed by atoms with Crippen LogP contribution in [0.5, 0.6) is 0 Å². The molecule has 0 saturated heterocycles. The minimum Gasteiger partial charge on any atom is -0.326 e. The van der Waals surface area contributed by atoms with Gasteiger partial charge in [-0.1, -0.05) is 36.8 Å². The summed E-state index contributed by atoms with van der Waals surface area (Å²) in [4.78, 5) is 2.51. The Morgan fingerprint density at radius 1 is 1.11 bits per heavy atom. The molecule has 0 heterocycles. The fourth-order valence-electron chi connectivity index (χ4n) is 2.54. The van der Waals surface area contributed by atoms with Gasteiger partial charge in [0, 0.05) is 18.1 Å². The lowest BCUT2D eigenvalue weighted by Gasteiger charge is -2.37. The predicted octanol–water partition coefficient (Wildman–Crippen LogP) is 3.50. The van der Waals surface area contributed by atoms with Crippen molar-refractivity contribution < 1.29 is 0 Å². The van der Waals surface area contributed by atoms with Crippen LogP contribution in [0.15, 0.2) is 24.3 Å². The summed E-state index contributed by atoms with van der Waals surface area (Å²) in [5, 5.41) is 0. The van der Waals surface area contributed by atoms with Gasteiger partial charge >= 0.3 is 0 Å². The molecule has 1 aromatic rings. The molecule has 0 fully saturated rings. The summed E-state index contributed by atoms with van der Waals surface area (Å²) < 4.78 is 0. The summed E-state index contributed by atoms with van der Waals surface area (Å²) in [5.74, 6) is 0. The Morgan fingerprint density at radius 2 is 1.67 bits per heavy atom. The third kappa shape index (κ3) is 3.82. The largest absolute Gasteiger partial charge is 0.326 e. The Morgan fingerprint density at radius 3 is 2.06 bits per heavy atom. The molecule has 2 heteroatoms. The molecule has 0 amide bonds. The molecular formula is C16H28N2. The van der Waals surface area contributed by atoms with Crippen molar-refractivity contribution in [1.82, 2.24) is 4.90 Å². The first-order chi connectivity index (χ1) is 8.47. The Balaban J connectivity index is 3.03. The number of nitrogens with zero attached hydrogens (tertiary/aromatic N) is 1. The lowest BCUT2D eigenvalue weighted by molar-refractivity contribution is 0.136. The van der Waals surface area contributed by atoms with E-state index < -0.39 is 0 Å². The molecular weight excluding hydrogens is 220 g/mol. The SMILES string of the molecule is CCCN(C(C)C)C(c1ccc(C)cc1)C(C)N. The number of hydrogen-bond donors (Lipinski definition) is 1. The molecule has 1 rings (SSSR count). The van der Waals surface area contributed by atoms with Gasteiger partial charge in [0.15, 0.2) is 0 Å². The quantitative estimate of drug-likeness (QED) is 0.835. The van der Waals surface area contributed by atoms with Crippen molar-refractivity contribution >= 4 is 0 Å². The van der Waals surface area contributed by atoms with Crippen LogP contribution in [0, 0.1) is 6.92 Å². The van der Waals surface area contributed by atoms with Gasteiger partial charge in [-0.25, -0.2) is 0 Å². The molecule has 1 aromatic carbocycles. The Hall–Kier alpha value is -0.860. The highest BCUT2D eigenvalue weighted by molar-refractivity contribution is 5.25. The van der Waals surface area contributed by atoms with Gasteiger partial charge in [0.05, 0.1) is 0 Å². The number of rotatable bonds is 6. The molecule has 0 bridgehead atoms. The van der Waals surface area contributed by atoms with E-state index in [4.69, 9.17) is 5.73 Å². The third-order valence-corrected chi connectivity index (χ3v) is 3.42. The lowest BCUT2D eigenvalue weighted by atomic mass is 9.96. The summed E-state index contributed by atoms with van der Waals surface area (Å²) in [6.07, 6.45) is 1.16. The van der Waals surface area contributed by atoms with Gasteiger partial charge < -0.3 is 5.73 Å². The van der Waals surface area contributed by atoms with Crippen molar-refractivity contribution in [2.24, 2.45) is 5.73 Å². The van der Waals surface area contributed by atoms with Crippen LogP contribution in [0.1, 0.15) is 51.3 Å². The molecule has 0 aliphatic carbocycles. The smallest absolute Gasteiger partial charge is 0.0499 e. The van der Waals surface area contributed by atoms with Gasteiger partial charge in [-0.3, -0.25) is 4.90 Å². The van der Waals surface area contributed by atoms with Crippen LogP contribution >= 0.6 is 0 Å². The van der Waals surface area contributed by atoms with Gasteiger partial charge in [0.2, 0.25) is 0 Å². The van der Waals surface area contributed by atoms with Gasteiger partial charge in [-0.15, -0.1) is 0 Å². The molecule has 0 aromatic heterocycles. The first-order valence-corrected chi connectivity index (χ1v) is 7.05. The second-order valence-electron chi connectivity index (χ2n) is 5.55. The highest BCUT2D eigenvalue weighted by atomic mass is 15.2. The van der Waals surface area contributed by atoms with Crippen LogP contribution in [-0.4, -0.2) is 23.5 Å². The van der Waals surface area contributed by atoms with Crippen molar-refractivity contribution in [3.8, 4) is 0 Å². The maximum absolute atomic E-state index is 6.23. The molecule has 0 aliphatic rings. The molecule has 0 spiro atoms. The summed E-state index contributed by atoms with van der Waals surface area (Å²) in [6.45, 7) is 12.0. The van der Waals surface area contributed by atoms with E-state index >= 15 is 0 Å². The molecule has 2 N–H and O–H groups in total. The van der Waals surface area contributed by atoms with Crippen LogP contribution in [0.3, 0.4) is 0 Å². The first-order valence-electron chi connectivity index (χ1n) is 7.05. The second-order valence-corrected chi connectivity index (χ2v) is 5.55. The summed E-state index contributed by atoms with van der Waals surface area (Å²) in [6, 6.07) is 9.75. The fourth-order valence-corrected chi connectivity index (χ4v) is 2.54. The van der Waals surface area contributed by atoms with Crippen LogP contribution in [0.4, 0.5) is 0 Å². The Bertz CT molecular complexity index is 341. The first kappa shape index (κ1) is 15.2. The van der Waals surface area contributed by atoms with E-state index in [-0.39, 0.29) is 6.04 Å². The van der Waals surface area contributed by atoms with Crippen molar-refractivity contribution in [3.63, 3.8) is 0 Å². The molecule has 102 valence electrons. The van der Waals surface area contributed by atoms with E-state index in [0.29, 0.717) is 12.1 Å². The Labute approximate surface area is 112 Å². The number of hydrogen-bond acceptors (Lipinski definition) is 2. The second kappa shape index (κ2) is 6.91. The minimum atomic E-state index is 0.140. The van der Waals surface area contributed by atoms with Crippen molar-refractivity contribution in [1.29, 1.82) is 0 Å². The number of nitrogens with two attached hydrogens (primary N) is 1. The fraction of sp³-hybridized carbons (Fsp3) is 0.625. The average Bonchev–Trinajstić information content (AvgIpc) is 2.30. The van der Waals surface area contributed by atoms with E-state index in [1.807, 2.05) is 0 Å². The Kier molecular flexibility index (Phi) is 5.83. The molecule has 2 atom stereocenters. The van der Waals surface area contributed by atoms with Crippen molar-refractivity contribution in [2.75, 3.05) is 6.54 Å². The molecule has 2 nitrogen and oxygen atoms in total. The van der Waals surface area contributed by atoms with Crippen LogP contribution in [0.25, 0.3) is 0 Å². The summed E-state index contributed by atoms with van der Waals surface area (Å²) in [5.41, 5.74) is 8.87. The zero-order valence-electron chi connectivity index (χ0n) is 12.5. The van der Waals surface area contributed by atoms with Crippen molar-refractivity contribution in [3.05, 3.63) is 35.4 Å². The molecule has 0 saturated carbocycles. The maximum atomic E-state index is 6.23. The van der Waals surface area contributed by atoms with Gasteiger partial charge in [-0.05, 0) is 46.2 Å². The zero-order chi connectivity index (χ0) is 13.7. The van der Waals surface area contributed by atoms with Gasteiger partial charge in [0.25, 0.3) is 0 Å². The van der Waals surface area contributed by atoms with Crippen LogP contribution in [0.2, 0.25) is 0 Å². The number of benzene rings is 1. The van der Waals surface area contributed by atoms with E-state index in [1.165, 1.54) is 11.1 Å². The average molecular weight is 248 g/mol. The van der Waals surface area contributed by atoms with Crippen LogP contribution in [-0.2, 0) is 0 Å². The normalized spacial score (nSPS) is 15.1. The van der Waals surface area contributed by atoms with Gasteiger partial charge in [-0.2, -0.15) is 0 Å². The molecule has 2 unspecified atom stereocenters. The maximum Gasteiger partial charge on any atom is 0.0499 e. The lowest BCUT2D eigenvalue weighted by Crippen LogP contribution is -2.43. The number of aryl methyl sites for hydroxylation is 1. The monoisotopic (exact) mass is 248 g/mol. The highest BCUT2D eigenvalue weighted by Gasteiger charge is 2.25. The third-order valence-electron chi connectivity index (χ3n) is 3.42. The molecule has 0 aliphatic heterocycles. The highest BCUT2D eigenvalue weighted by Crippen LogP contribution is 2.26. The van der Waals surface area contributed by atoms with Crippen molar-refractivity contribution in [2.45, 2.75) is 59.2 Å². The van der Waals surface area contributed by atoms with E-state index in [2.05, 4.69) is 63.8 Å². The standard InChI is InChI=1S/C16H28N2/c1-6-11-18(12(2)3)16(14(5)17)15-9-7-13(4)8-10-15/h7-10,12,14,16H,6,11,17H2,1-5H3. The van der Waals surface area contributed by atoms with E-state index in [9.17, 15) is 0 Å². The summed E-state index contributed by atoms with van der Waals surface area (Å²) >= 11 is 0. The zero-order valence-corrected chi connectivity index (χ0v) is 12.5. The van der Waals surface area contributed by atoms with E-state index in [1.54, 1.807) is 0 Å². The van der Waals surface area contributed by atoms with Crippen LogP contribution < -0.4 is 5.73 Å². The topological polar surface area (TPSA) is 29.3 Å². The van der Waals surface area contributed by atoms with E-state index in [0.717, 1.165) is 13.0 Å². The van der Waals surface area contributed by atoms with Gasteiger partial charge in [0.1, 0.15) is 0 Å². The molecule has 0 radical (unpaired) electrons. The predicted molar refractivity (Wildman–Crippen MR) is 79.7 cm³/mol. The minimum absolute atomic E-state index is 0.140. The summed E-state index contributed by atoms with van der Waals surface area (Å²) in [7, 11) is 0.